The number of rotatable bonds is 7. The monoisotopic (exact) mass is 477 g/mol. The predicted molar refractivity (Wildman–Crippen MR) is 126 cm³/mol. The summed E-state index contributed by atoms with van der Waals surface area (Å²) in [7, 11) is 4.18. The van der Waals surface area contributed by atoms with Crippen LogP contribution in [0.5, 0.6) is 0 Å². The quantitative estimate of drug-likeness (QED) is 0.471. The van der Waals surface area contributed by atoms with E-state index in [1.165, 1.54) is 32.4 Å². The van der Waals surface area contributed by atoms with E-state index in [0.29, 0.717) is 18.8 Å². The van der Waals surface area contributed by atoms with Gasteiger partial charge >= 0.3 is 18.0 Å². The highest BCUT2D eigenvalue weighted by atomic mass is 16.6. The summed E-state index contributed by atoms with van der Waals surface area (Å²) in [5.74, 6) is -1.32. The molecule has 188 valence electrons. The number of amides is 2. The van der Waals surface area contributed by atoms with Gasteiger partial charge in [-0.2, -0.15) is 0 Å². The molecule has 1 aliphatic rings. The van der Waals surface area contributed by atoms with Crippen LogP contribution >= 0.6 is 0 Å². The number of likely N-dealkylation sites (tertiary alicyclic amines) is 1. The molecule has 34 heavy (non-hydrogen) atoms. The molecule has 1 N–H and O–H groups in total. The number of carbonyl (C=O) groups is 4. The molecule has 0 saturated carbocycles. The van der Waals surface area contributed by atoms with Crippen molar-refractivity contribution in [2.75, 3.05) is 52.8 Å². The van der Waals surface area contributed by atoms with Crippen LogP contribution in [0.4, 0.5) is 10.5 Å². The summed E-state index contributed by atoms with van der Waals surface area (Å²) in [5.41, 5.74) is 0.000326. The summed E-state index contributed by atoms with van der Waals surface area (Å²) >= 11 is 0. The number of methoxy groups -OCH3 is 2. The van der Waals surface area contributed by atoms with Gasteiger partial charge in [0.15, 0.2) is 0 Å². The molecule has 1 fully saturated rings. The fourth-order valence-electron chi connectivity index (χ4n) is 3.82. The van der Waals surface area contributed by atoms with E-state index < -0.39 is 17.5 Å². The van der Waals surface area contributed by atoms with Gasteiger partial charge in [0.25, 0.3) is 0 Å². The van der Waals surface area contributed by atoms with Gasteiger partial charge in [-0.25, -0.2) is 14.4 Å². The maximum absolute atomic E-state index is 12.7. The minimum atomic E-state index is -0.630. The second-order valence-corrected chi connectivity index (χ2v) is 9.43. The van der Waals surface area contributed by atoms with Crippen molar-refractivity contribution >= 4 is 29.6 Å². The topological polar surface area (TPSA) is 114 Å². The zero-order valence-electron chi connectivity index (χ0n) is 20.8. The lowest BCUT2D eigenvalue weighted by Gasteiger charge is -2.34. The molecule has 2 rings (SSSR count). The van der Waals surface area contributed by atoms with Crippen molar-refractivity contribution in [3.63, 3.8) is 0 Å². The van der Waals surface area contributed by atoms with Gasteiger partial charge in [-0.15, -0.1) is 0 Å². The van der Waals surface area contributed by atoms with Crippen LogP contribution in [0.3, 0.4) is 0 Å². The second-order valence-electron chi connectivity index (χ2n) is 9.43. The Balaban J connectivity index is 1.98. The molecule has 10 nitrogen and oxygen atoms in total. The third-order valence-electron chi connectivity index (χ3n) is 5.27. The van der Waals surface area contributed by atoms with Crippen molar-refractivity contribution < 1.29 is 33.4 Å². The van der Waals surface area contributed by atoms with E-state index in [0.717, 1.165) is 19.4 Å². The number of hydrogen-bond acceptors (Lipinski definition) is 8. The van der Waals surface area contributed by atoms with Gasteiger partial charge < -0.3 is 24.4 Å². The number of nitrogens with one attached hydrogen (secondary N) is 1. The van der Waals surface area contributed by atoms with E-state index >= 15 is 0 Å². The first-order valence-electron chi connectivity index (χ1n) is 11.2. The summed E-state index contributed by atoms with van der Waals surface area (Å²) < 4.78 is 14.9. The van der Waals surface area contributed by atoms with Crippen molar-refractivity contribution in [1.82, 2.24) is 9.80 Å². The number of ether oxygens (including phenoxy) is 3. The molecule has 1 aliphatic heterocycles. The standard InChI is InChI=1S/C24H35N3O7/c1-24(2,3)34-23(31)26(4)13-16-8-7-9-27(14-16)15-20(28)25-19-11-17(21(29)32-5)10-18(12-19)22(30)33-6/h10-12,16H,7-9,13-15H2,1-6H3,(H,25,28). The highest BCUT2D eigenvalue weighted by Crippen LogP contribution is 2.20. The van der Waals surface area contributed by atoms with Gasteiger partial charge in [-0.1, -0.05) is 0 Å². The highest BCUT2D eigenvalue weighted by Gasteiger charge is 2.26. The molecule has 1 saturated heterocycles. The minimum absolute atomic E-state index is 0.129. The third kappa shape index (κ3) is 8.33. The number of benzene rings is 1. The molecule has 1 aromatic carbocycles. The van der Waals surface area contributed by atoms with Crippen molar-refractivity contribution in [2.24, 2.45) is 5.92 Å². The first kappa shape index (κ1) is 27.1. The fourth-order valence-corrected chi connectivity index (χ4v) is 3.82. The Kier molecular flexibility index (Phi) is 9.43. The average molecular weight is 478 g/mol. The number of piperidine rings is 1. The van der Waals surface area contributed by atoms with Gasteiger partial charge in [0.2, 0.25) is 5.91 Å². The number of anilines is 1. The Morgan fingerprint density at radius 3 is 2.18 bits per heavy atom. The summed E-state index contributed by atoms with van der Waals surface area (Å²) in [6.07, 6.45) is 1.49. The molecule has 1 aromatic rings. The minimum Gasteiger partial charge on any atom is -0.465 e. The Morgan fingerprint density at radius 2 is 1.65 bits per heavy atom. The van der Waals surface area contributed by atoms with Crippen LogP contribution < -0.4 is 5.32 Å². The number of nitrogens with zero attached hydrogens (tertiary/aromatic N) is 2. The number of hydrogen-bond donors (Lipinski definition) is 1. The second kappa shape index (κ2) is 11.8. The van der Waals surface area contributed by atoms with E-state index in [9.17, 15) is 19.2 Å². The van der Waals surface area contributed by atoms with Gasteiger partial charge in [0.05, 0.1) is 31.9 Å². The first-order valence-corrected chi connectivity index (χ1v) is 11.2. The van der Waals surface area contributed by atoms with E-state index in [4.69, 9.17) is 14.2 Å². The lowest BCUT2D eigenvalue weighted by atomic mass is 9.97. The molecule has 1 unspecified atom stereocenters. The van der Waals surface area contributed by atoms with Crippen LogP contribution in [-0.2, 0) is 19.0 Å². The maximum Gasteiger partial charge on any atom is 0.410 e. The van der Waals surface area contributed by atoms with Crippen molar-refractivity contribution in [2.45, 2.75) is 39.2 Å². The molecule has 10 heteroatoms. The normalized spacial score (nSPS) is 16.4. The smallest absolute Gasteiger partial charge is 0.410 e. The molecular formula is C24H35N3O7. The number of esters is 2. The molecule has 2 amide bonds. The lowest BCUT2D eigenvalue weighted by molar-refractivity contribution is -0.117. The largest absolute Gasteiger partial charge is 0.465 e. The van der Waals surface area contributed by atoms with Gasteiger partial charge in [-0.05, 0) is 64.3 Å². The Labute approximate surface area is 200 Å². The maximum atomic E-state index is 12.7. The van der Waals surface area contributed by atoms with E-state index in [-0.39, 0.29) is 35.6 Å². The SMILES string of the molecule is COC(=O)c1cc(NC(=O)CN2CCCC(CN(C)C(=O)OC(C)(C)C)C2)cc(C(=O)OC)c1. The van der Waals surface area contributed by atoms with Gasteiger partial charge in [0, 0.05) is 25.8 Å². The third-order valence-corrected chi connectivity index (χ3v) is 5.27. The van der Waals surface area contributed by atoms with Crippen molar-refractivity contribution in [3.8, 4) is 0 Å². The van der Waals surface area contributed by atoms with Gasteiger partial charge in [0.1, 0.15) is 5.60 Å². The summed E-state index contributed by atoms with van der Waals surface area (Å²) in [6, 6.07) is 4.25. The molecule has 1 heterocycles. The van der Waals surface area contributed by atoms with Crippen LogP contribution in [0.2, 0.25) is 0 Å². The van der Waals surface area contributed by atoms with Crippen LogP contribution in [0.15, 0.2) is 18.2 Å². The molecule has 0 aliphatic carbocycles. The van der Waals surface area contributed by atoms with Gasteiger partial charge in [-0.3, -0.25) is 9.69 Å². The van der Waals surface area contributed by atoms with Crippen LogP contribution in [0, 0.1) is 5.92 Å². The lowest BCUT2D eigenvalue weighted by Crippen LogP contribution is -2.45. The molecule has 0 bridgehead atoms. The predicted octanol–water partition coefficient (Wildman–Crippen LogP) is 2.78. The van der Waals surface area contributed by atoms with E-state index in [2.05, 4.69) is 5.32 Å². The van der Waals surface area contributed by atoms with E-state index in [1.807, 2.05) is 25.7 Å². The fraction of sp³-hybridized carbons (Fsp3) is 0.583. The van der Waals surface area contributed by atoms with Crippen molar-refractivity contribution in [3.05, 3.63) is 29.3 Å². The van der Waals surface area contributed by atoms with Crippen molar-refractivity contribution in [1.29, 1.82) is 0 Å². The highest BCUT2D eigenvalue weighted by molar-refractivity contribution is 5.99. The average Bonchev–Trinajstić information content (AvgIpc) is 2.76. The molecule has 0 radical (unpaired) electrons. The Bertz CT molecular complexity index is 876. The molecule has 0 spiro atoms. The van der Waals surface area contributed by atoms with Crippen LogP contribution in [0.1, 0.15) is 54.3 Å². The zero-order valence-corrected chi connectivity index (χ0v) is 20.8. The Hall–Kier alpha value is -3.14. The summed E-state index contributed by atoms with van der Waals surface area (Å²) in [6.45, 7) is 7.59. The Morgan fingerprint density at radius 1 is 1.06 bits per heavy atom. The van der Waals surface area contributed by atoms with Crippen LogP contribution in [0.25, 0.3) is 0 Å². The summed E-state index contributed by atoms with van der Waals surface area (Å²) in [4.78, 5) is 52.5. The van der Waals surface area contributed by atoms with Crippen LogP contribution in [-0.4, -0.2) is 86.8 Å². The van der Waals surface area contributed by atoms with E-state index in [1.54, 1.807) is 11.9 Å². The molecule has 1 atom stereocenters. The summed E-state index contributed by atoms with van der Waals surface area (Å²) in [5, 5.41) is 2.75. The number of carbonyl (C=O) groups excluding carboxylic acids is 4. The zero-order chi connectivity index (χ0) is 25.5. The molecule has 0 aromatic heterocycles. The molecular weight excluding hydrogens is 442 g/mol. The first-order chi connectivity index (χ1) is 15.9.